The molecule has 0 aromatic rings. The molecule has 1 heterocycles. The van der Waals surface area contributed by atoms with Crippen molar-refractivity contribution >= 4 is 5.78 Å². The lowest BCUT2D eigenvalue weighted by atomic mass is 9.74. The molecule has 0 aromatic carbocycles. The molecule has 1 spiro atoms. The molecule has 0 radical (unpaired) electrons. The second-order valence-electron chi connectivity index (χ2n) is 6.42. The highest BCUT2D eigenvalue weighted by Gasteiger charge is 2.41. The summed E-state index contributed by atoms with van der Waals surface area (Å²) in [6.07, 6.45) is 9.60. The SMILES string of the molecule is CCCC(OCC)C(=O)C1CCOC2(CCCCC2)C1. The van der Waals surface area contributed by atoms with Crippen LogP contribution in [-0.4, -0.2) is 30.7 Å². The highest BCUT2D eigenvalue weighted by molar-refractivity contribution is 5.85. The number of ketones is 1. The standard InChI is InChI=1S/C17H30O3/c1-3-8-15(19-4-2)16(18)14-9-12-20-17(13-14)10-6-5-7-11-17/h14-15H,3-13H2,1-2H3. The van der Waals surface area contributed by atoms with Crippen LogP contribution in [0.1, 0.15) is 71.6 Å². The van der Waals surface area contributed by atoms with Gasteiger partial charge in [-0.15, -0.1) is 0 Å². The molecule has 2 rings (SSSR count). The van der Waals surface area contributed by atoms with Gasteiger partial charge in [0.1, 0.15) is 6.10 Å². The summed E-state index contributed by atoms with van der Waals surface area (Å²) in [5, 5.41) is 0. The van der Waals surface area contributed by atoms with Crippen LogP contribution in [0.3, 0.4) is 0 Å². The van der Waals surface area contributed by atoms with Crippen LogP contribution in [-0.2, 0) is 14.3 Å². The fourth-order valence-corrected chi connectivity index (χ4v) is 3.85. The van der Waals surface area contributed by atoms with E-state index in [9.17, 15) is 4.79 Å². The summed E-state index contributed by atoms with van der Waals surface area (Å²) >= 11 is 0. The zero-order valence-corrected chi connectivity index (χ0v) is 13.2. The van der Waals surface area contributed by atoms with Crippen LogP contribution in [0.15, 0.2) is 0 Å². The van der Waals surface area contributed by atoms with Crippen LogP contribution >= 0.6 is 0 Å². The summed E-state index contributed by atoms with van der Waals surface area (Å²) in [6.45, 7) is 5.47. The molecule has 3 nitrogen and oxygen atoms in total. The smallest absolute Gasteiger partial charge is 0.164 e. The van der Waals surface area contributed by atoms with Gasteiger partial charge in [-0.1, -0.05) is 32.6 Å². The van der Waals surface area contributed by atoms with Crippen molar-refractivity contribution < 1.29 is 14.3 Å². The molecular formula is C17H30O3. The minimum Gasteiger partial charge on any atom is -0.375 e. The van der Waals surface area contributed by atoms with Crippen molar-refractivity contribution in [1.29, 1.82) is 0 Å². The summed E-state index contributed by atoms with van der Waals surface area (Å²) < 4.78 is 11.8. The van der Waals surface area contributed by atoms with E-state index >= 15 is 0 Å². The van der Waals surface area contributed by atoms with E-state index in [1.54, 1.807) is 0 Å². The normalized spacial score (nSPS) is 27.4. The second kappa shape index (κ2) is 7.56. The van der Waals surface area contributed by atoms with Crippen LogP contribution in [0.2, 0.25) is 0 Å². The van der Waals surface area contributed by atoms with Crippen LogP contribution in [0, 0.1) is 5.92 Å². The number of hydrogen-bond donors (Lipinski definition) is 0. The summed E-state index contributed by atoms with van der Waals surface area (Å²) in [4.78, 5) is 12.7. The molecule has 2 aliphatic rings. The minimum atomic E-state index is -0.186. The lowest BCUT2D eigenvalue weighted by Gasteiger charge is -2.43. The van der Waals surface area contributed by atoms with Gasteiger partial charge in [-0.25, -0.2) is 0 Å². The number of hydrogen-bond acceptors (Lipinski definition) is 3. The maximum Gasteiger partial charge on any atom is 0.164 e. The summed E-state index contributed by atoms with van der Waals surface area (Å²) in [7, 11) is 0. The largest absolute Gasteiger partial charge is 0.375 e. The number of rotatable bonds is 6. The molecule has 2 fully saturated rings. The molecule has 3 heteroatoms. The quantitative estimate of drug-likeness (QED) is 0.741. The number of Topliss-reactive ketones (excluding diaryl/α,β-unsaturated/α-hetero) is 1. The number of carbonyl (C=O) groups is 1. The Morgan fingerprint density at radius 1 is 1.30 bits per heavy atom. The molecule has 20 heavy (non-hydrogen) atoms. The van der Waals surface area contributed by atoms with E-state index in [4.69, 9.17) is 9.47 Å². The Morgan fingerprint density at radius 2 is 2.05 bits per heavy atom. The Bertz CT molecular complexity index is 296. The van der Waals surface area contributed by atoms with E-state index in [0.29, 0.717) is 12.4 Å². The Morgan fingerprint density at radius 3 is 2.70 bits per heavy atom. The molecule has 1 saturated heterocycles. The first kappa shape index (κ1) is 16.0. The third kappa shape index (κ3) is 3.82. The Kier molecular flexibility index (Phi) is 6.03. The van der Waals surface area contributed by atoms with Crippen molar-refractivity contribution in [3.8, 4) is 0 Å². The van der Waals surface area contributed by atoms with Gasteiger partial charge in [-0.3, -0.25) is 4.79 Å². The van der Waals surface area contributed by atoms with Crippen molar-refractivity contribution in [2.24, 2.45) is 5.92 Å². The average Bonchev–Trinajstić information content (AvgIpc) is 2.47. The van der Waals surface area contributed by atoms with E-state index < -0.39 is 0 Å². The molecule has 0 N–H and O–H groups in total. The number of ether oxygens (including phenoxy) is 2. The van der Waals surface area contributed by atoms with E-state index in [1.807, 2.05) is 6.92 Å². The van der Waals surface area contributed by atoms with Gasteiger partial charge in [-0.2, -0.15) is 0 Å². The molecule has 0 amide bonds. The van der Waals surface area contributed by atoms with Gasteiger partial charge in [0, 0.05) is 19.1 Å². The van der Waals surface area contributed by atoms with Crippen LogP contribution in [0.25, 0.3) is 0 Å². The van der Waals surface area contributed by atoms with E-state index in [0.717, 1.165) is 45.1 Å². The first-order valence-corrected chi connectivity index (χ1v) is 8.50. The average molecular weight is 282 g/mol. The van der Waals surface area contributed by atoms with Gasteiger partial charge in [0.15, 0.2) is 5.78 Å². The predicted octanol–water partition coefficient (Wildman–Crippen LogP) is 3.89. The summed E-state index contributed by atoms with van der Waals surface area (Å²) in [6, 6.07) is 0. The third-order valence-corrected chi connectivity index (χ3v) is 4.90. The van der Waals surface area contributed by atoms with E-state index in [2.05, 4.69) is 6.92 Å². The molecule has 1 saturated carbocycles. The van der Waals surface area contributed by atoms with Gasteiger partial charge < -0.3 is 9.47 Å². The van der Waals surface area contributed by atoms with Gasteiger partial charge in [0.05, 0.1) is 5.60 Å². The molecule has 0 bridgehead atoms. The van der Waals surface area contributed by atoms with Crippen molar-refractivity contribution in [3.05, 3.63) is 0 Å². The van der Waals surface area contributed by atoms with E-state index in [-0.39, 0.29) is 17.6 Å². The monoisotopic (exact) mass is 282 g/mol. The minimum absolute atomic E-state index is 0.0137. The van der Waals surface area contributed by atoms with Crippen LogP contribution in [0.5, 0.6) is 0 Å². The summed E-state index contributed by atoms with van der Waals surface area (Å²) in [5.74, 6) is 0.492. The zero-order chi connectivity index (χ0) is 14.4. The lowest BCUT2D eigenvalue weighted by Crippen LogP contribution is -2.45. The van der Waals surface area contributed by atoms with Gasteiger partial charge in [-0.05, 0) is 39.0 Å². The first-order valence-electron chi connectivity index (χ1n) is 8.50. The maximum atomic E-state index is 12.7. The maximum absolute atomic E-state index is 12.7. The predicted molar refractivity (Wildman–Crippen MR) is 79.8 cm³/mol. The summed E-state index contributed by atoms with van der Waals surface area (Å²) in [5.41, 5.74) is 0.0137. The van der Waals surface area contributed by atoms with Crippen molar-refractivity contribution in [2.45, 2.75) is 83.3 Å². The van der Waals surface area contributed by atoms with E-state index in [1.165, 1.54) is 19.3 Å². The second-order valence-corrected chi connectivity index (χ2v) is 6.42. The topological polar surface area (TPSA) is 35.5 Å². The number of carbonyl (C=O) groups excluding carboxylic acids is 1. The molecular weight excluding hydrogens is 252 g/mol. The van der Waals surface area contributed by atoms with Crippen molar-refractivity contribution in [1.82, 2.24) is 0 Å². The highest BCUT2D eigenvalue weighted by atomic mass is 16.5. The Balaban J connectivity index is 1.97. The van der Waals surface area contributed by atoms with Crippen molar-refractivity contribution in [3.63, 3.8) is 0 Å². The molecule has 2 atom stereocenters. The zero-order valence-electron chi connectivity index (χ0n) is 13.2. The molecule has 116 valence electrons. The first-order chi connectivity index (χ1) is 9.71. The van der Waals surface area contributed by atoms with Gasteiger partial charge in [0.25, 0.3) is 0 Å². The Labute approximate surface area is 123 Å². The van der Waals surface area contributed by atoms with Gasteiger partial charge in [0.2, 0.25) is 0 Å². The fourth-order valence-electron chi connectivity index (χ4n) is 3.85. The molecule has 1 aliphatic carbocycles. The van der Waals surface area contributed by atoms with Crippen LogP contribution < -0.4 is 0 Å². The molecule has 2 unspecified atom stereocenters. The van der Waals surface area contributed by atoms with Crippen LogP contribution in [0.4, 0.5) is 0 Å². The fraction of sp³-hybridized carbons (Fsp3) is 0.941. The van der Waals surface area contributed by atoms with Crippen molar-refractivity contribution in [2.75, 3.05) is 13.2 Å². The lowest BCUT2D eigenvalue weighted by molar-refractivity contribution is -0.152. The highest BCUT2D eigenvalue weighted by Crippen LogP contribution is 2.41. The molecule has 0 aromatic heterocycles. The van der Waals surface area contributed by atoms with Gasteiger partial charge >= 0.3 is 0 Å². The third-order valence-electron chi connectivity index (χ3n) is 4.90. The Hall–Kier alpha value is -0.410. The molecule has 1 aliphatic heterocycles.